The summed E-state index contributed by atoms with van der Waals surface area (Å²) in [7, 11) is 1.43. The maximum absolute atomic E-state index is 12.8. The highest BCUT2D eigenvalue weighted by molar-refractivity contribution is 6.01. The van der Waals surface area contributed by atoms with E-state index in [4.69, 9.17) is 9.47 Å². The minimum absolute atomic E-state index is 0.0399. The first kappa shape index (κ1) is 20.6. The highest BCUT2D eigenvalue weighted by Gasteiger charge is 2.27. The number of hydrogen-bond donors (Lipinski definition) is 3. The van der Waals surface area contributed by atoms with Gasteiger partial charge in [-0.1, -0.05) is 24.3 Å². The smallest absolute Gasteiger partial charge is 0.342 e. The van der Waals surface area contributed by atoms with Crippen LogP contribution in [0.5, 0.6) is 11.5 Å². The van der Waals surface area contributed by atoms with Gasteiger partial charge in [0.05, 0.1) is 7.11 Å². The molecular weight excluding hydrogens is 376 g/mol. The summed E-state index contributed by atoms with van der Waals surface area (Å²) in [6.45, 7) is 1.64. The highest BCUT2D eigenvalue weighted by Crippen LogP contribution is 2.37. The minimum atomic E-state index is -1.64. The van der Waals surface area contributed by atoms with Gasteiger partial charge in [0.2, 0.25) is 0 Å². The standard InChI is InChI=1S/C22H22O7/c1-12-5-3-8-17(23)21(26)20(25)14-7-4-6-13(9-14)16-10-15(28-2)11-18(24)19(16)22(27)29-12/h3-4,6-12,20-21,24-26H,5H2,1-2H3/b8-3-/t12-,20+,21+/m0/s1. The van der Waals surface area contributed by atoms with Crippen molar-refractivity contribution in [3.05, 3.63) is 59.7 Å². The van der Waals surface area contributed by atoms with Crippen LogP contribution in [0.1, 0.15) is 35.4 Å². The molecule has 3 N–H and O–H groups in total. The number of aliphatic hydroxyl groups is 2. The highest BCUT2D eigenvalue weighted by atomic mass is 16.5. The Morgan fingerprint density at radius 2 is 1.86 bits per heavy atom. The fourth-order valence-corrected chi connectivity index (χ4v) is 3.15. The predicted octanol–water partition coefficient (Wildman–Crippen LogP) is 2.54. The molecule has 0 aliphatic carbocycles. The summed E-state index contributed by atoms with van der Waals surface area (Å²) in [6.07, 6.45) is -0.838. The molecule has 29 heavy (non-hydrogen) atoms. The van der Waals surface area contributed by atoms with Gasteiger partial charge in [-0.05, 0) is 36.3 Å². The molecule has 2 aromatic carbocycles. The van der Waals surface area contributed by atoms with E-state index >= 15 is 0 Å². The molecule has 3 rings (SSSR count). The Hall–Kier alpha value is -3.16. The minimum Gasteiger partial charge on any atom is -0.507 e. The number of carbonyl (C=O) groups is 2. The number of benzene rings is 2. The van der Waals surface area contributed by atoms with E-state index in [-0.39, 0.29) is 23.3 Å². The van der Waals surface area contributed by atoms with Crippen LogP contribution in [0.3, 0.4) is 0 Å². The lowest BCUT2D eigenvalue weighted by atomic mass is 9.93. The van der Waals surface area contributed by atoms with Crippen molar-refractivity contribution in [1.29, 1.82) is 0 Å². The zero-order chi connectivity index (χ0) is 21.1. The van der Waals surface area contributed by atoms with E-state index in [9.17, 15) is 24.9 Å². The second-order valence-corrected chi connectivity index (χ2v) is 6.84. The van der Waals surface area contributed by atoms with Crippen LogP contribution in [0.25, 0.3) is 11.1 Å². The molecule has 0 saturated heterocycles. The summed E-state index contributed by atoms with van der Waals surface area (Å²) >= 11 is 0. The average Bonchev–Trinajstić information content (AvgIpc) is 2.71. The molecule has 0 spiro atoms. The van der Waals surface area contributed by atoms with Gasteiger partial charge in [-0.15, -0.1) is 0 Å². The van der Waals surface area contributed by atoms with Gasteiger partial charge in [0, 0.05) is 18.1 Å². The van der Waals surface area contributed by atoms with E-state index in [1.54, 1.807) is 31.2 Å². The van der Waals surface area contributed by atoms with Crippen LogP contribution in [-0.2, 0) is 9.53 Å². The third-order valence-electron chi connectivity index (χ3n) is 4.72. The quantitative estimate of drug-likeness (QED) is 0.633. The van der Waals surface area contributed by atoms with Gasteiger partial charge in [-0.25, -0.2) is 4.79 Å². The molecule has 0 aromatic heterocycles. The van der Waals surface area contributed by atoms with Gasteiger partial charge >= 0.3 is 5.97 Å². The number of esters is 1. The summed E-state index contributed by atoms with van der Waals surface area (Å²) < 4.78 is 10.6. The lowest BCUT2D eigenvalue weighted by molar-refractivity contribution is -0.128. The van der Waals surface area contributed by atoms with Crippen molar-refractivity contribution in [3.8, 4) is 22.6 Å². The van der Waals surface area contributed by atoms with Crippen molar-refractivity contribution in [3.63, 3.8) is 0 Å². The molecule has 2 aromatic rings. The summed E-state index contributed by atoms with van der Waals surface area (Å²) in [4.78, 5) is 24.9. The van der Waals surface area contributed by atoms with E-state index < -0.39 is 30.1 Å². The number of phenols is 1. The average molecular weight is 398 g/mol. The maximum Gasteiger partial charge on any atom is 0.342 e. The number of methoxy groups -OCH3 is 1. The Morgan fingerprint density at radius 3 is 2.59 bits per heavy atom. The number of phenolic OH excluding ortho intramolecular Hbond substituents is 1. The first-order valence-electron chi connectivity index (χ1n) is 9.10. The van der Waals surface area contributed by atoms with E-state index in [0.29, 0.717) is 16.9 Å². The summed E-state index contributed by atoms with van der Waals surface area (Å²) in [5.41, 5.74) is 1.05. The zero-order valence-electron chi connectivity index (χ0n) is 16.0. The number of hydrogen-bond acceptors (Lipinski definition) is 7. The zero-order valence-corrected chi connectivity index (χ0v) is 16.0. The predicted molar refractivity (Wildman–Crippen MR) is 105 cm³/mol. The molecule has 3 atom stereocenters. The lowest BCUT2D eigenvalue weighted by Crippen LogP contribution is -2.26. The van der Waals surface area contributed by atoms with Crippen molar-refractivity contribution >= 4 is 11.8 Å². The van der Waals surface area contributed by atoms with Crippen LogP contribution >= 0.6 is 0 Å². The Morgan fingerprint density at radius 1 is 1.10 bits per heavy atom. The number of ketones is 1. The van der Waals surface area contributed by atoms with Gasteiger partial charge in [0.1, 0.15) is 35.4 Å². The second-order valence-electron chi connectivity index (χ2n) is 6.84. The molecule has 1 aliphatic heterocycles. The molecule has 0 radical (unpaired) electrons. The Labute approximate surface area is 167 Å². The fourth-order valence-electron chi connectivity index (χ4n) is 3.15. The van der Waals surface area contributed by atoms with E-state index in [0.717, 1.165) is 6.08 Å². The van der Waals surface area contributed by atoms with E-state index in [1.807, 2.05) is 0 Å². The second kappa shape index (κ2) is 8.46. The van der Waals surface area contributed by atoms with Crippen LogP contribution in [-0.4, -0.2) is 46.4 Å². The molecule has 2 bridgehead atoms. The van der Waals surface area contributed by atoms with Crippen LogP contribution in [0.2, 0.25) is 0 Å². The van der Waals surface area contributed by atoms with Gasteiger partial charge in [0.25, 0.3) is 0 Å². The molecule has 0 unspecified atom stereocenters. The Kier molecular flexibility index (Phi) is 6.00. The molecular formula is C22H22O7. The largest absolute Gasteiger partial charge is 0.507 e. The fraction of sp³-hybridized carbons (Fsp3) is 0.273. The molecule has 0 amide bonds. The van der Waals surface area contributed by atoms with Gasteiger partial charge in [-0.2, -0.15) is 0 Å². The molecule has 0 fully saturated rings. The van der Waals surface area contributed by atoms with Crippen molar-refractivity contribution in [2.24, 2.45) is 0 Å². The summed E-state index contributed by atoms with van der Waals surface area (Å²) in [5.74, 6) is -1.36. The molecule has 0 saturated carbocycles. The monoisotopic (exact) mass is 398 g/mol. The Bertz CT molecular complexity index is 964. The normalized spacial score (nSPS) is 23.5. The van der Waals surface area contributed by atoms with Gasteiger partial charge < -0.3 is 24.8 Å². The third-order valence-corrected chi connectivity index (χ3v) is 4.72. The molecule has 152 valence electrons. The summed E-state index contributed by atoms with van der Waals surface area (Å²) in [6, 6.07) is 9.26. The SMILES string of the molecule is COc1cc(O)c2c(c1)-c1cccc(c1)[C@@H](O)[C@H](O)C(=O)/C=C\C[C@H](C)OC2=O. The van der Waals surface area contributed by atoms with Crippen molar-refractivity contribution < 1.29 is 34.4 Å². The number of ether oxygens (including phenoxy) is 2. The molecule has 1 aliphatic rings. The number of fused-ring (bicyclic) bond motifs is 4. The number of cyclic esters (lactones) is 1. The van der Waals surface area contributed by atoms with Gasteiger partial charge in [0.15, 0.2) is 5.78 Å². The van der Waals surface area contributed by atoms with Crippen LogP contribution in [0.15, 0.2) is 48.6 Å². The van der Waals surface area contributed by atoms with Crippen molar-refractivity contribution in [1.82, 2.24) is 0 Å². The van der Waals surface area contributed by atoms with Crippen molar-refractivity contribution in [2.75, 3.05) is 7.11 Å². The van der Waals surface area contributed by atoms with Crippen LogP contribution in [0, 0.1) is 0 Å². The number of aliphatic hydroxyl groups excluding tert-OH is 2. The topological polar surface area (TPSA) is 113 Å². The van der Waals surface area contributed by atoms with Gasteiger partial charge in [-0.3, -0.25) is 4.79 Å². The van der Waals surface area contributed by atoms with Crippen LogP contribution < -0.4 is 4.74 Å². The van der Waals surface area contributed by atoms with Crippen molar-refractivity contribution in [2.45, 2.75) is 31.7 Å². The third kappa shape index (κ3) is 4.31. The molecule has 7 heteroatoms. The first-order valence-corrected chi connectivity index (χ1v) is 9.10. The number of aromatic hydroxyl groups is 1. The molecule has 7 nitrogen and oxygen atoms in total. The van der Waals surface area contributed by atoms with E-state index in [1.165, 1.54) is 25.3 Å². The summed E-state index contributed by atoms with van der Waals surface area (Å²) in [5, 5.41) is 31.1. The Balaban J connectivity index is 2.22. The number of carbonyl (C=O) groups excluding carboxylic acids is 2. The first-order chi connectivity index (χ1) is 13.8. The molecule has 1 heterocycles. The lowest BCUT2D eigenvalue weighted by Gasteiger charge is -2.19. The van der Waals surface area contributed by atoms with Crippen LogP contribution in [0.4, 0.5) is 0 Å². The van der Waals surface area contributed by atoms with E-state index in [2.05, 4.69) is 0 Å². The maximum atomic E-state index is 12.8. The number of rotatable bonds is 1.